The Morgan fingerprint density at radius 2 is 1.96 bits per heavy atom. The van der Waals surface area contributed by atoms with Crippen molar-refractivity contribution < 1.29 is 14.6 Å². The average Bonchev–Trinajstić information content (AvgIpc) is 2.70. The molecule has 1 aliphatic rings. The molecule has 140 valence electrons. The van der Waals surface area contributed by atoms with E-state index in [1.165, 1.54) is 11.1 Å². The zero-order chi connectivity index (χ0) is 18.8. The molecule has 7 heteroatoms. The van der Waals surface area contributed by atoms with Crippen molar-refractivity contribution in [2.75, 3.05) is 24.1 Å². The molecule has 0 radical (unpaired) electrons. The quantitative estimate of drug-likeness (QED) is 0.368. The van der Waals surface area contributed by atoms with Gasteiger partial charge in [-0.25, -0.2) is 9.65 Å². The summed E-state index contributed by atoms with van der Waals surface area (Å²) in [7, 11) is 0. The SMILES string of the molecule is Nc1ccc(-c2cc(NC3CCN(OO)CC3)c3cnccc3c2)cc1F. The van der Waals surface area contributed by atoms with Crippen LogP contribution < -0.4 is 11.1 Å². The Kier molecular flexibility index (Phi) is 4.89. The van der Waals surface area contributed by atoms with E-state index in [0.717, 1.165) is 40.4 Å². The number of hydrogen-bond acceptors (Lipinski definition) is 6. The van der Waals surface area contributed by atoms with Crippen molar-refractivity contribution in [1.29, 1.82) is 0 Å². The van der Waals surface area contributed by atoms with Gasteiger partial charge in [0.15, 0.2) is 0 Å². The molecule has 1 fully saturated rings. The van der Waals surface area contributed by atoms with Crippen LogP contribution in [0.25, 0.3) is 21.9 Å². The molecule has 0 bridgehead atoms. The van der Waals surface area contributed by atoms with Crippen LogP contribution in [0.4, 0.5) is 15.8 Å². The second-order valence-electron chi connectivity index (χ2n) is 6.79. The zero-order valence-corrected chi connectivity index (χ0v) is 14.7. The average molecular weight is 368 g/mol. The van der Waals surface area contributed by atoms with E-state index in [9.17, 15) is 4.39 Å². The summed E-state index contributed by atoms with van der Waals surface area (Å²) in [6.07, 6.45) is 5.25. The number of rotatable bonds is 4. The van der Waals surface area contributed by atoms with E-state index < -0.39 is 5.82 Å². The van der Waals surface area contributed by atoms with E-state index in [-0.39, 0.29) is 11.7 Å². The monoisotopic (exact) mass is 368 g/mol. The number of fused-ring (bicyclic) bond motifs is 1. The number of halogens is 1. The van der Waals surface area contributed by atoms with Gasteiger partial charge in [0.2, 0.25) is 0 Å². The number of aromatic nitrogens is 1. The fraction of sp³-hybridized carbons (Fsp3) is 0.250. The van der Waals surface area contributed by atoms with Crippen LogP contribution in [0.2, 0.25) is 0 Å². The van der Waals surface area contributed by atoms with E-state index >= 15 is 0 Å². The van der Waals surface area contributed by atoms with E-state index in [2.05, 4.69) is 15.3 Å². The smallest absolute Gasteiger partial charge is 0.146 e. The van der Waals surface area contributed by atoms with Crippen LogP contribution in [0, 0.1) is 5.82 Å². The first-order valence-corrected chi connectivity index (χ1v) is 8.90. The lowest BCUT2D eigenvalue weighted by molar-refractivity contribution is -0.399. The molecule has 1 aromatic heterocycles. The van der Waals surface area contributed by atoms with Crippen LogP contribution in [0.1, 0.15) is 12.8 Å². The van der Waals surface area contributed by atoms with E-state index in [1.54, 1.807) is 12.3 Å². The van der Waals surface area contributed by atoms with Gasteiger partial charge in [-0.3, -0.25) is 4.98 Å². The van der Waals surface area contributed by atoms with Crippen LogP contribution in [0.15, 0.2) is 48.8 Å². The molecule has 0 amide bonds. The summed E-state index contributed by atoms with van der Waals surface area (Å²) in [5.74, 6) is -0.423. The van der Waals surface area contributed by atoms with Crippen LogP contribution in [0.3, 0.4) is 0 Å². The molecule has 4 rings (SSSR count). The van der Waals surface area contributed by atoms with E-state index in [4.69, 9.17) is 11.0 Å². The van der Waals surface area contributed by atoms with Gasteiger partial charge < -0.3 is 11.1 Å². The Labute approximate surface area is 156 Å². The Morgan fingerprint density at radius 1 is 1.15 bits per heavy atom. The second-order valence-corrected chi connectivity index (χ2v) is 6.79. The van der Waals surface area contributed by atoms with Crippen molar-refractivity contribution >= 4 is 22.1 Å². The predicted octanol–water partition coefficient (Wildman–Crippen LogP) is 3.90. The molecule has 2 heterocycles. The molecule has 6 nitrogen and oxygen atoms in total. The van der Waals surface area contributed by atoms with Crippen LogP contribution in [0.5, 0.6) is 0 Å². The predicted molar refractivity (Wildman–Crippen MR) is 103 cm³/mol. The van der Waals surface area contributed by atoms with Crippen molar-refractivity contribution in [3.8, 4) is 11.1 Å². The van der Waals surface area contributed by atoms with Crippen LogP contribution in [-0.2, 0) is 4.99 Å². The number of hydroxylamine groups is 2. The number of nitrogens with zero attached hydrogens (tertiary/aromatic N) is 2. The summed E-state index contributed by atoms with van der Waals surface area (Å²) < 4.78 is 13.9. The third-order valence-corrected chi connectivity index (χ3v) is 5.02. The minimum absolute atomic E-state index is 0.139. The maximum Gasteiger partial charge on any atom is 0.146 e. The topological polar surface area (TPSA) is 83.6 Å². The maximum atomic E-state index is 13.9. The number of pyridine rings is 1. The van der Waals surface area contributed by atoms with Gasteiger partial charge in [0.25, 0.3) is 0 Å². The van der Waals surface area contributed by atoms with Gasteiger partial charge in [0.1, 0.15) is 5.82 Å². The molecule has 27 heavy (non-hydrogen) atoms. The molecule has 1 saturated heterocycles. The summed E-state index contributed by atoms with van der Waals surface area (Å²) in [6.45, 7) is 1.29. The van der Waals surface area contributed by atoms with Crippen molar-refractivity contribution in [3.63, 3.8) is 0 Å². The summed E-state index contributed by atoms with van der Waals surface area (Å²) in [5, 5.41) is 15.9. The molecule has 3 aromatic rings. The van der Waals surface area contributed by atoms with Crippen molar-refractivity contribution in [2.45, 2.75) is 18.9 Å². The first-order chi connectivity index (χ1) is 13.1. The highest BCUT2D eigenvalue weighted by Gasteiger charge is 2.20. The van der Waals surface area contributed by atoms with Crippen molar-refractivity contribution in [2.24, 2.45) is 0 Å². The minimum atomic E-state index is -0.423. The molecular weight excluding hydrogens is 347 g/mol. The third-order valence-electron chi connectivity index (χ3n) is 5.02. The maximum absolute atomic E-state index is 13.9. The van der Waals surface area contributed by atoms with Crippen LogP contribution in [-0.4, -0.2) is 34.4 Å². The number of nitrogen functional groups attached to an aromatic ring is 1. The number of benzene rings is 2. The number of piperidine rings is 1. The molecular formula is C20H21FN4O2. The number of anilines is 2. The minimum Gasteiger partial charge on any atom is -0.396 e. The Hall–Kier alpha value is -2.74. The van der Waals surface area contributed by atoms with Gasteiger partial charge >= 0.3 is 0 Å². The zero-order valence-electron chi connectivity index (χ0n) is 14.7. The van der Waals surface area contributed by atoms with Gasteiger partial charge in [-0.15, -0.1) is 4.99 Å². The van der Waals surface area contributed by atoms with E-state index in [0.29, 0.717) is 13.1 Å². The van der Waals surface area contributed by atoms with Gasteiger partial charge in [-0.05, 0) is 59.7 Å². The molecule has 4 N–H and O–H groups in total. The standard InChI is InChI=1S/C20H21FN4O2/c21-18-10-13(1-2-19(18)22)15-9-14-3-6-23-12-17(14)20(11-15)24-16-4-7-25(27-26)8-5-16/h1-3,6,9-12,16,24,26H,4-5,7-8,22H2. The molecule has 1 aliphatic heterocycles. The molecule has 2 aromatic carbocycles. The van der Waals surface area contributed by atoms with Gasteiger partial charge in [0, 0.05) is 42.6 Å². The highest BCUT2D eigenvalue weighted by atomic mass is 19.1. The van der Waals surface area contributed by atoms with E-state index in [1.807, 2.05) is 30.5 Å². The summed E-state index contributed by atoms with van der Waals surface area (Å²) in [5.41, 5.74) is 8.38. The number of nitrogens with one attached hydrogen (secondary N) is 1. The fourth-order valence-corrected chi connectivity index (χ4v) is 3.49. The number of hydrogen-bond donors (Lipinski definition) is 3. The molecule has 0 unspecified atom stereocenters. The van der Waals surface area contributed by atoms with Crippen molar-refractivity contribution in [3.05, 3.63) is 54.6 Å². The van der Waals surface area contributed by atoms with Gasteiger partial charge in [-0.1, -0.05) is 6.07 Å². The third kappa shape index (κ3) is 3.71. The summed E-state index contributed by atoms with van der Waals surface area (Å²) in [6, 6.07) is 11.1. The lowest BCUT2D eigenvalue weighted by Crippen LogP contribution is -2.38. The first-order valence-electron chi connectivity index (χ1n) is 8.90. The molecule has 0 saturated carbocycles. The largest absolute Gasteiger partial charge is 0.396 e. The summed E-state index contributed by atoms with van der Waals surface area (Å²) in [4.78, 5) is 8.55. The molecule has 0 atom stereocenters. The Balaban J connectivity index is 1.69. The normalized spacial score (nSPS) is 15.9. The summed E-state index contributed by atoms with van der Waals surface area (Å²) >= 11 is 0. The molecule has 0 spiro atoms. The van der Waals surface area contributed by atoms with Crippen LogP contribution >= 0.6 is 0 Å². The highest BCUT2D eigenvalue weighted by Crippen LogP contribution is 2.32. The van der Waals surface area contributed by atoms with Crippen molar-refractivity contribution in [1.82, 2.24) is 10.0 Å². The van der Waals surface area contributed by atoms with Gasteiger partial charge in [-0.2, -0.15) is 5.06 Å². The fourth-order valence-electron chi connectivity index (χ4n) is 3.49. The van der Waals surface area contributed by atoms with Gasteiger partial charge in [0.05, 0.1) is 5.69 Å². The first kappa shape index (κ1) is 17.7. The number of nitrogens with two attached hydrogens (primary N) is 1. The molecule has 0 aliphatic carbocycles. The highest BCUT2D eigenvalue weighted by molar-refractivity contribution is 5.97. The Bertz CT molecular complexity index is 958. The Morgan fingerprint density at radius 3 is 2.70 bits per heavy atom. The lowest BCUT2D eigenvalue weighted by atomic mass is 9.99. The lowest BCUT2D eigenvalue weighted by Gasteiger charge is -2.30. The second kappa shape index (κ2) is 7.48.